The number of anilines is 1. The summed E-state index contributed by atoms with van der Waals surface area (Å²) in [7, 11) is 0. The van der Waals surface area contributed by atoms with Crippen LogP contribution in [0.5, 0.6) is 5.75 Å². The molecule has 2 bridgehead atoms. The highest BCUT2D eigenvalue weighted by molar-refractivity contribution is 5.96. The van der Waals surface area contributed by atoms with E-state index in [0.29, 0.717) is 5.69 Å². The first-order valence-electron chi connectivity index (χ1n) is 7.72. The van der Waals surface area contributed by atoms with Crippen molar-refractivity contribution in [1.29, 1.82) is 0 Å². The number of carbonyl (C=O) groups is 2. The Morgan fingerprint density at radius 2 is 1.67 bits per heavy atom. The van der Waals surface area contributed by atoms with E-state index in [1.165, 1.54) is 24.3 Å². The molecule has 1 saturated carbocycles. The van der Waals surface area contributed by atoms with E-state index in [1.54, 1.807) is 0 Å². The molecule has 0 unspecified atom stereocenters. The van der Waals surface area contributed by atoms with Crippen molar-refractivity contribution >= 4 is 17.6 Å². The van der Waals surface area contributed by atoms with Crippen molar-refractivity contribution in [3.8, 4) is 5.75 Å². The normalized spacial score (nSPS) is 28.0. The molecule has 5 nitrogen and oxygen atoms in total. The van der Waals surface area contributed by atoms with Crippen molar-refractivity contribution in [2.45, 2.75) is 19.5 Å². The minimum Gasteiger partial charge on any atom is -0.481 e. The van der Waals surface area contributed by atoms with E-state index < -0.39 is 24.4 Å². The van der Waals surface area contributed by atoms with Crippen LogP contribution >= 0.6 is 0 Å². The van der Waals surface area contributed by atoms with Crippen LogP contribution in [0, 0.1) is 23.7 Å². The fourth-order valence-corrected chi connectivity index (χ4v) is 3.63. The van der Waals surface area contributed by atoms with E-state index in [4.69, 9.17) is 0 Å². The summed E-state index contributed by atoms with van der Waals surface area (Å²) < 4.78 is 28.5. The summed E-state index contributed by atoms with van der Waals surface area (Å²) in [5.74, 6) is -2.88. The lowest BCUT2D eigenvalue weighted by atomic mass is 9.62. The number of aliphatic carboxylic acids is 1. The van der Waals surface area contributed by atoms with Crippen molar-refractivity contribution in [3.05, 3.63) is 36.4 Å². The van der Waals surface area contributed by atoms with Crippen LogP contribution in [0.4, 0.5) is 14.5 Å². The third-order valence-electron chi connectivity index (χ3n) is 4.68. The predicted molar refractivity (Wildman–Crippen MR) is 81.7 cm³/mol. The molecule has 0 heterocycles. The van der Waals surface area contributed by atoms with E-state index in [2.05, 4.69) is 10.1 Å². The lowest BCUT2D eigenvalue weighted by molar-refractivity contribution is -0.151. The van der Waals surface area contributed by atoms with Gasteiger partial charge in [0.15, 0.2) is 0 Å². The second kappa shape index (κ2) is 6.59. The van der Waals surface area contributed by atoms with Crippen molar-refractivity contribution in [2.24, 2.45) is 23.7 Å². The first kappa shape index (κ1) is 16.4. The molecule has 1 aromatic rings. The van der Waals surface area contributed by atoms with E-state index in [9.17, 15) is 23.5 Å². The molecule has 0 saturated heterocycles. The van der Waals surface area contributed by atoms with Crippen LogP contribution in [0.25, 0.3) is 0 Å². The molecule has 0 spiro atoms. The molecule has 2 N–H and O–H groups in total. The van der Waals surface area contributed by atoms with Gasteiger partial charge in [-0.15, -0.1) is 0 Å². The number of carboxylic acid groups (broad SMARTS) is 1. The van der Waals surface area contributed by atoms with Gasteiger partial charge in [0.2, 0.25) is 5.91 Å². The molecule has 24 heavy (non-hydrogen) atoms. The molecule has 0 radical (unpaired) electrons. The number of carboxylic acids is 1. The molecule has 3 aliphatic carbocycles. The second-order valence-electron chi connectivity index (χ2n) is 6.07. The first-order valence-corrected chi connectivity index (χ1v) is 7.72. The first-order chi connectivity index (χ1) is 11.5. The standard InChI is InChI=1S/C17H17F2NO4/c18-17(19)24-12-7-5-11(6-8-12)20-15(21)13-9-1-3-10(4-2-9)14(13)16(22)23/h1,3,5-10,13-14,17H,2,4H2,(H,20,21)(H,22,23)/t9-,10-,13-,14-/m0/s1. The lowest BCUT2D eigenvalue weighted by Gasteiger charge is -2.41. The maximum absolute atomic E-state index is 12.6. The number of allylic oxidation sites excluding steroid dienone is 2. The third kappa shape index (κ3) is 3.25. The topological polar surface area (TPSA) is 75.6 Å². The highest BCUT2D eigenvalue weighted by atomic mass is 19.3. The summed E-state index contributed by atoms with van der Waals surface area (Å²) in [6.45, 7) is -2.91. The molecule has 4 rings (SSSR count). The van der Waals surface area contributed by atoms with Crippen LogP contribution in [0.15, 0.2) is 36.4 Å². The van der Waals surface area contributed by atoms with E-state index in [0.717, 1.165) is 12.8 Å². The van der Waals surface area contributed by atoms with Crippen LogP contribution in [0.2, 0.25) is 0 Å². The average Bonchev–Trinajstić information content (AvgIpc) is 2.56. The second-order valence-corrected chi connectivity index (χ2v) is 6.07. The van der Waals surface area contributed by atoms with Gasteiger partial charge in [0.1, 0.15) is 5.75 Å². The highest BCUT2D eigenvalue weighted by Crippen LogP contribution is 2.45. The Bertz CT molecular complexity index is 659. The van der Waals surface area contributed by atoms with Gasteiger partial charge >= 0.3 is 12.6 Å². The van der Waals surface area contributed by atoms with Gasteiger partial charge in [-0.1, -0.05) is 12.2 Å². The monoisotopic (exact) mass is 337 g/mol. The van der Waals surface area contributed by atoms with Crippen molar-refractivity contribution < 1.29 is 28.2 Å². The van der Waals surface area contributed by atoms with Crippen LogP contribution < -0.4 is 10.1 Å². The fraction of sp³-hybridized carbons (Fsp3) is 0.412. The molecule has 128 valence electrons. The number of fused-ring (bicyclic) bond motifs is 2. The summed E-state index contributed by atoms with van der Waals surface area (Å²) in [6.07, 6.45) is 5.40. The summed E-state index contributed by atoms with van der Waals surface area (Å²) in [6, 6.07) is 5.54. The minimum absolute atomic E-state index is 0.00827. The average molecular weight is 337 g/mol. The number of halogens is 2. The summed E-state index contributed by atoms with van der Waals surface area (Å²) >= 11 is 0. The molecule has 4 atom stereocenters. The third-order valence-corrected chi connectivity index (χ3v) is 4.68. The SMILES string of the molecule is O=C(O)[C@@H]1[C@@H](C(=O)Nc2ccc(OC(F)F)cc2)[C@H]2C=C[C@H]1CC2. The van der Waals surface area contributed by atoms with Gasteiger partial charge in [0.05, 0.1) is 11.8 Å². The quantitative estimate of drug-likeness (QED) is 0.810. The van der Waals surface area contributed by atoms with Gasteiger partial charge < -0.3 is 15.2 Å². The van der Waals surface area contributed by atoms with E-state index in [-0.39, 0.29) is 23.5 Å². The number of rotatable bonds is 5. The molecular formula is C17H17F2NO4. The Morgan fingerprint density at radius 1 is 1.08 bits per heavy atom. The summed E-state index contributed by atoms with van der Waals surface area (Å²) in [5, 5.41) is 12.1. The number of ether oxygens (including phenoxy) is 1. The molecule has 7 heteroatoms. The number of nitrogens with one attached hydrogen (secondary N) is 1. The van der Waals surface area contributed by atoms with Crippen LogP contribution in [-0.4, -0.2) is 23.6 Å². The fourth-order valence-electron chi connectivity index (χ4n) is 3.63. The Labute approximate surface area is 137 Å². The smallest absolute Gasteiger partial charge is 0.387 e. The zero-order chi connectivity index (χ0) is 17.3. The Hall–Kier alpha value is -2.44. The van der Waals surface area contributed by atoms with Crippen LogP contribution in [0.1, 0.15) is 12.8 Å². The minimum atomic E-state index is -2.91. The summed E-state index contributed by atoms with van der Waals surface area (Å²) in [5.41, 5.74) is 0.413. The number of alkyl halides is 2. The van der Waals surface area contributed by atoms with Crippen molar-refractivity contribution in [3.63, 3.8) is 0 Å². The number of carbonyl (C=O) groups excluding carboxylic acids is 1. The summed E-state index contributed by atoms with van der Waals surface area (Å²) in [4.78, 5) is 24.1. The molecule has 1 fully saturated rings. The zero-order valence-corrected chi connectivity index (χ0v) is 12.7. The molecule has 0 aliphatic heterocycles. The number of hydrogen-bond acceptors (Lipinski definition) is 3. The Morgan fingerprint density at radius 3 is 2.17 bits per heavy atom. The van der Waals surface area contributed by atoms with Crippen molar-refractivity contribution in [1.82, 2.24) is 0 Å². The van der Waals surface area contributed by atoms with Gasteiger partial charge in [-0.3, -0.25) is 9.59 Å². The number of amides is 1. The number of benzene rings is 1. The number of hydrogen-bond donors (Lipinski definition) is 2. The highest BCUT2D eigenvalue weighted by Gasteiger charge is 2.48. The maximum atomic E-state index is 12.6. The predicted octanol–water partition coefficient (Wildman–Crippen LogP) is 3.14. The van der Waals surface area contributed by atoms with Gasteiger partial charge in [-0.25, -0.2) is 0 Å². The van der Waals surface area contributed by atoms with Crippen LogP contribution in [0.3, 0.4) is 0 Å². The van der Waals surface area contributed by atoms with Gasteiger partial charge in [0, 0.05) is 5.69 Å². The van der Waals surface area contributed by atoms with Gasteiger partial charge in [0.25, 0.3) is 0 Å². The zero-order valence-electron chi connectivity index (χ0n) is 12.7. The lowest BCUT2D eigenvalue weighted by Crippen LogP contribution is -2.47. The molecular weight excluding hydrogens is 320 g/mol. The molecule has 1 aromatic carbocycles. The van der Waals surface area contributed by atoms with Gasteiger partial charge in [-0.2, -0.15) is 8.78 Å². The molecule has 3 aliphatic rings. The Balaban J connectivity index is 1.72. The van der Waals surface area contributed by atoms with E-state index in [1.807, 2.05) is 12.2 Å². The van der Waals surface area contributed by atoms with E-state index >= 15 is 0 Å². The molecule has 1 amide bonds. The maximum Gasteiger partial charge on any atom is 0.387 e. The molecule has 0 aromatic heterocycles. The Kier molecular flexibility index (Phi) is 4.51. The largest absolute Gasteiger partial charge is 0.481 e. The van der Waals surface area contributed by atoms with Crippen molar-refractivity contribution in [2.75, 3.05) is 5.32 Å². The van der Waals surface area contributed by atoms with Crippen LogP contribution in [-0.2, 0) is 9.59 Å². The van der Waals surface area contributed by atoms with Gasteiger partial charge in [-0.05, 0) is 48.9 Å².